The molecule has 2 fully saturated rings. The Hall–Kier alpha value is -2.15. The van der Waals surface area contributed by atoms with E-state index >= 15 is 0 Å². The molecule has 0 aliphatic carbocycles. The first-order chi connectivity index (χ1) is 11.1. The average molecular weight is 319 g/mol. The Morgan fingerprint density at radius 2 is 2.17 bits per heavy atom. The Kier molecular flexibility index (Phi) is 4.47. The maximum absolute atomic E-state index is 12.5. The SMILES string of the molecule is COCC(=O)N1[C@H]2CC[C@H]1[C@H](C(=O)Nc1ccc(OC)nc1)C2. The van der Waals surface area contributed by atoms with Gasteiger partial charge in [0.1, 0.15) is 6.61 Å². The highest BCUT2D eigenvalue weighted by Gasteiger charge is 2.50. The molecule has 1 N–H and O–H groups in total. The Labute approximate surface area is 135 Å². The molecule has 0 unspecified atom stereocenters. The van der Waals surface area contributed by atoms with Gasteiger partial charge >= 0.3 is 0 Å². The number of nitrogens with one attached hydrogen (secondary N) is 1. The smallest absolute Gasteiger partial charge is 0.249 e. The average Bonchev–Trinajstić information content (AvgIpc) is 3.14. The summed E-state index contributed by atoms with van der Waals surface area (Å²) in [7, 11) is 3.05. The van der Waals surface area contributed by atoms with E-state index in [1.807, 2.05) is 4.90 Å². The molecule has 2 saturated heterocycles. The Morgan fingerprint density at radius 3 is 2.83 bits per heavy atom. The zero-order valence-corrected chi connectivity index (χ0v) is 13.3. The molecule has 1 aromatic rings. The largest absolute Gasteiger partial charge is 0.481 e. The minimum absolute atomic E-state index is 0.0196. The molecule has 7 nitrogen and oxygen atoms in total. The van der Waals surface area contributed by atoms with Crippen molar-refractivity contribution in [1.82, 2.24) is 9.88 Å². The number of amides is 2. The zero-order chi connectivity index (χ0) is 16.4. The summed E-state index contributed by atoms with van der Waals surface area (Å²) in [6, 6.07) is 3.59. The summed E-state index contributed by atoms with van der Waals surface area (Å²) in [5.74, 6) is 0.247. The topological polar surface area (TPSA) is 80.8 Å². The number of hydrogen-bond acceptors (Lipinski definition) is 5. The van der Waals surface area contributed by atoms with Gasteiger partial charge in [-0.15, -0.1) is 0 Å². The molecule has 3 heterocycles. The number of nitrogens with zero attached hydrogens (tertiary/aromatic N) is 2. The van der Waals surface area contributed by atoms with Gasteiger partial charge in [-0.1, -0.05) is 0 Å². The Balaban J connectivity index is 1.65. The van der Waals surface area contributed by atoms with Gasteiger partial charge in [0.05, 0.1) is 24.9 Å². The third-order valence-electron chi connectivity index (χ3n) is 4.64. The minimum atomic E-state index is -0.170. The molecule has 0 spiro atoms. The van der Waals surface area contributed by atoms with E-state index in [4.69, 9.17) is 9.47 Å². The van der Waals surface area contributed by atoms with Crippen molar-refractivity contribution in [3.8, 4) is 5.88 Å². The van der Waals surface area contributed by atoms with E-state index in [0.29, 0.717) is 11.6 Å². The third kappa shape index (κ3) is 3.01. The van der Waals surface area contributed by atoms with E-state index in [1.165, 1.54) is 7.11 Å². The summed E-state index contributed by atoms with van der Waals surface area (Å²) in [6.07, 6.45) is 4.13. The molecule has 2 bridgehead atoms. The van der Waals surface area contributed by atoms with Crippen molar-refractivity contribution < 1.29 is 19.1 Å². The van der Waals surface area contributed by atoms with E-state index in [0.717, 1.165) is 19.3 Å². The second-order valence-corrected chi connectivity index (χ2v) is 5.95. The first-order valence-electron chi connectivity index (χ1n) is 7.75. The van der Waals surface area contributed by atoms with Crippen molar-refractivity contribution in [2.24, 2.45) is 5.92 Å². The second-order valence-electron chi connectivity index (χ2n) is 5.95. The van der Waals surface area contributed by atoms with E-state index in [2.05, 4.69) is 10.3 Å². The van der Waals surface area contributed by atoms with Crippen LogP contribution < -0.4 is 10.1 Å². The molecule has 0 saturated carbocycles. The predicted molar refractivity (Wildman–Crippen MR) is 83.1 cm³/mol. The maximum Gasteiger partial charge on any atom is 0.249 e. The summed E-state index contributed by atoms with van der Waals surface area (Å²) in [6.45, 7) is 0.0732. The van der Waals surface area contributed by atoms with Crippen LogP contribution in [0.3, 0.4) is 0 Å². The molecule has 1 aromatic heterocycles. The van der Waals surface area contributed by atoms with Gasteiger partial charge < -0.3 is 19.7 Å². The first kappa shape index (κ1) is 15.7. The number of rotatable bonds is 5. The summed E-state index contributed by atoms with van der Waals surface area (Å²) < 4.78 is 9.94. The molecule has 7 heteroatoms. The number of carbonyl (C=O) groups is 2. The lowest BCUT2D eigenvalue weighted by Gasteiger charge is -2.23. The summed E-state index contributed by atoms with van der Waals surface area (Å²) in [4.78, 5) is 30.6. The van der Waals surface area contributed by atoms with Gasteiger partial charge in [-0.3, -0.25) is 9.59 Å². The molecule has 3 atom stereocenters. The molecular formula is C16H21N3O4. The normalized spacial score (nSPS) is 25.5. The predicted octanol–water partition coefficient (Wildman–Crippen LogP) is 1.05. The molecule has 0 aromatic carbocycles. The van der Waals surface area contributed by atoms with Gasteiger partial charge in [-0.2, -0.15) is 0 Å². The van der Waals surface area contributed by atoms with Crippen LogP contribution in [0.15, 0.2) is 18.3 Å². The fraction of sp³-hybridized carbons (Fsp3) is 0.562. The van der Waals surface area contributed by atoms with Gasteiger partial charge in [0.2, 0.25) is 17.7 Å². The fourth-order valence-electron chi connectivity index (χ4n) is 3.67. The van der Waals surface area contributed by atoms with Gasteiger partial charge in [-0.25, -0.2) is 4.98 Å². The van der Waals surface area contributed by atoms with Crippen LogP contribution in [0.1, 0.15) is 19.3 Å². The van der Waals surface area contributed by atoms with Crippen LogP contribution in [0.4, 0.5) is 5.69 Å². The Morgan fingerprint density at radius 1 is 1.35 bits per heavy atom. The highest BCUT2D eigenvalue weighted by atomic mass is 16.5. The van der Waals surface area contributed by atoms with Crippen LogP contribution in [0.25, 0.3) is 0 Å². The number of ether oxygens (including phenoxy) is 2. The number of fused-ring (bicyclic) bond motifs is 2. The molecule has 23 heavy (non-hydrogen) atoms. The molecular weight excluding hydrogens is 298 g/mol. The van der Waals surface area contributed by atoms with E-state index < -0.39 is 0 Å². The lowest BCUT2D eigenvalue weighted by molar-refractivity contribution is -0.136. The van der Waals surface area contributed by atoms with Crippen molar-refractivity contribution in [3.05, 3.63) is 18.3 Å². The fourth-order valence-corrected chi connectivity index (χ4v) is 3.67. The standard InChI is InChI=1S/C16H21N3O4/c1-22-9-15(20)19-11-4-5-13(19)12(7-11)16(21)18-10-3-6-14(23-2)17-8-10/h3,6,8,11-13H,4-5,7,9H2,1-2H3,(H,18,21)/t11-,12+,13-/m0/s1. The second kappa shape index (κ2) is 6.54. The van der Waals surface area contributed by atoms with Crippen molar-refractivity contribution in [3.63, 3.8) is 0 Å². The molecule has 3 rings (SSSR count). The summed E-state index contributed by atoms with van der Waals surface area (Å²) >= 11 is 0. The van der Waals surface area contributed by atoms with Gasteiger partial charge in [0.25, 0.3) is 0 Å². The van der Waals surface area contributed by atoms with Crippen LogP contribution >= 0.6 is 0 Å². The number of methoxy groups -OCH3 is 2. The summed E-state index contributed by atoms with van der Waals surface area (Å²) in [5, 5.41) is 2.89. The van der Waals surface area contributed by atoms with Crippen LogP contribution in [0.5, 0.6) is 5.88 Å². The first-order valence-corrected chi connectivity index (χ1v) is 7.75. The Bertz CT molecular complexity index is 589. The van der Waals surface area contributed by atoms with Crippen LogP contribution in [0, 0.1) is 5.92 Å². The van der Waals surface area contributed by atoms with Gasteiger partial charge in [0.15, 0.2) is 0 Å². The number of aromatic nitrogens is 1. The summed E-state index contributed by atoms with van der Waals surface area (Å²) in [5.41, 5.74) is 0.633. The van der Waals surface area contributed by atoms with Gasteiger partial charge in [-0.05, 0) is 25.3 Å². The highest BCUT2D eigenvalue weighted by Crippen LogP contribution is 2.42. The monoisotopic (exact) mass is 319 g/mol. The quantitative estimate of drug-likeness (QED) is 0.877. The number of carbonyl (C=O) groups excluding carboxylic acids is 2. The van der Waals surface area contributed by atoms with Crippen molar-refractivity contribution in [1.29, 1.82) is 0 Å². The van der Waals surface area contributed by atoms with E-state index in [1.54, 1.807) is 25.4 Å². The van der Waals surface area contributed by atoms with Crippen LogP contribution in [-0.4, -0.2) is 54.6 Å². The van der Waals surface area contributed by atoms with Crippen LogP contribution in [-0.2, 0) is 14.3 Å². The van der Waals surface area contributed by atoms with Gasteiger partial charge in [0, 0.05) is 25.3 Å². The van der Waals surface area contributed by atoms with Crippen molar-refractivity contribution in [2.45, 2.75) is 31.3 Å². The zero-order valence-electron chi connectivity index (χ0n) is 13.3. The number of hydrogen-bond donors (Lipinski definition) is 1. The van der Waals surface area contributed by atoms with E-state index in [-0.39, 0.29) is 36.4 Å². The third-order valence-corrected chi connectivity index (χ3v) is 4.64. The minimum Gasteiger partial charge on any atom is -0.481 e. The molecule has 2 amide bonds. The number of anilines is 1. The molecule has 124 valence electrons. The highest BCUT2D eigenvalue weighted by molar-refractivity contribution is 5.94. The number of pyridine rings is 1. The lowest BCUT2D eigenvalue weighted by Crippen LogP contribution is -2.40. The lowest BCUT2D eigenvalue weighted by atomic mass is 9.88. The van der Waals surface area contributed by atoms with E-state index in [9.17, 15) is 9.59 Å². The van der Waals surface area contributed by atoms with Crippen molar-refractivity contribution >= 4 is 17.5 Å². The molecule has 0 radical (unpaired) electrons. The molecule has 2 aliphatic heterocycles. The maximum atomic E-state index is 12.5. The van der Waals surface area contributed by atoms with Crippen LogP contribution in [0.2, 0.25) is 0 Å². The van der Waals surface area contributed by atoms with Crippen molar-refractivity contribution in [2.75, 3.05) is 26.1 Å². The molecule has 2 aliphatic rings.